The summed E-state index contributed by atoms with van der Waals surface area (Å²) in [6, 6.07) is 8.08. The third kappa shape index (κ3) is 3.34. The lowest BCUT2D eigenvalue weighted by atomic mass is 10.2. The number of ether oxygens (including phenoxy) is 2. The number of fused-ring (bicyclic) bond motifs is 1. The first-order valence-electron chi connectivity index (χ1n) is 5.89. The summed E-state index contributed by atoms with van der Waals surface area (Å²) in [6.07, 6.45) is 0. The highest BCUT2D eigenvalue weighted by Crippen LogP contribution is 2.19. The summed E-state index contributed by atoms with van der Waals surface area (Å²) in [7, 11) is 0. The Kier molecular flexibility index (Phi) is 3.85. The predicted molar refractivity (Wildman–Crippen MR) is 68.9 cm³/mol. The van der Waals surface area contributed by atoms with Gasteiger partial charge in [0.05, 0.1) is 5.92 Å². The molecule has 0 aliphatic heterocycles. The van der Waals surface area contributed by atoms with Crippen molar-refractivity contribution < 1.29 is 18.7 Å². The molecule has 0 unspecified atom stereocenters. The molecule has 0 fully saturated rings. The van der Waals surface area contributed by atoms with Crippen LogP contribution in [0.1, 0.15) is 13.8 Å². The minimum absolute atomic E-state index is 0.167. The second kappa shape index (κ2) is 5.56. The van der Waals surface area contributed by atoms with Crippen molar-refractivity contribution in [2.75, 3.05) is 6.79 Å². The van der Waals surface area contributed by atoms with Gasteiger partial charge in [-0.2, -0.15) is 0 Å². The van der Waals surface area contributed by atoms with Crippen LogP contribution in [0.2, 0.25) is 0 Å². The average Bonchev–Trinajstić information content (AvgIpc) is 2.38. The molecular formula is C14H14O5. The number of rotatable bonds is 4. The molecule has 0 atom stereocenters. The first-order chi connectivity index (χ1) is 9.06. The van der Waals surface area contributed by atoms with E-state index in [4.69, 9.17) is 13.9 Å². The maximum Gasteiger partial charge on any atom is 0.336 e. The number of hydrogen-bond donors (Lipinski definition) is 0. The highest BCUT2D eigenvalue weighted by Gasteiger charge is 2.08. The van der Waals surface area contributed by atoms with Crippen LogP contribution < -0.4 is 10.4 Å². The predicted octanol–water partition coefficient (Wildman–Crippen LogP) is 2.33. The SMILES string of the molecule is CC(C)C(=O)OCOc1ccc2ccc(=O)oc2c1. The van der Waals surface area contributed by atoms with Gasteiger partial charge in [0.2, 0.25) is 6.79 Å². The van der Waals surface area contributed by atoms with Crippen LogP contribution in [0.5, 0.6) is 5.75 Å². The molecule has 0 aliphatic rings. The molecule has 0 saturated carbocycles. The van der Waals surface area contributed by atoms with Crippen LogP contribution in [0.15, 0.2) is 39.5 Å². The molecule has 100 valence electrons. The summed E-state index contributed by atoms with van der Waals surface area (Å²) < 4.78 is 15.2. The number of carbonyl (C=O) groups is 1. The van der Waals surface area contributed by atoms with Crippen molar-refractivity contribution in [2.45, 2.75) is 13.8 Å². The summed E-state index contributed by atoms with van der Waals surface area (Å²) in [6.45, 7) is 3.32. The molecule has 5 nitrogen and oxygen atoms in total. The summed E-state index contributed by atoms with van der Waals surface area (Å²) in [5.74, 6) is -0.0519. The number of esters is 1. The van der Waals surface area contributed by atoms with E-state index in [2.05, 4.69) is 0 Å². The minimum Gasteiger partial charge on any atom is -0.457 e. The van der Waals surface area contributed by atoms with Crippen LogP contribution in [0.25, 0.3) is 11.0 Å². The molecule has 0 N–H and O–H groups in total. The fraction of sp³-hybridized carbons (Fsp3) is 0.286. The second-order valence-electron chi connectivity index (χ2n) is 4.33. The Hall–Kier alpha value is -2.30. The fourth-order valence-corrected chi connectivity index (χ4v) is 1.45. The van der Waals surface area contributed by atoms with Crippen LogP contribution in [-0.2, 0) is 9.53 Å². The molecule has 1 aromatic heterocycles. The van der Waals surface area contributed by atoms with E-state index in [1.807, 2.05) is 0 Å². The van der Waals surface area contributed by atoms with Crippen LogP contribution in [-0.4, -0.2) is 12.8 Å². The van der Waals surface area contributed by atoms with E-state index in [9.17, 15) is 9.59 Å². The molecule has 0 amide bonds. The van der Waals surface area contributed by atoms with Gasteiger partial charge in [0.15, 0.2) is 0 Å². The van der Waals surface area contributed by atoms with Crippen molar-refractivity contribution in [3.05, 3.63) is 40.8 Å². The monoisotopic (exact) mass is 262 g/mol. The smallest absolute Gasteiger partial charge is 0.336 e. The van der Waals surface area contributed by atoms with Crippen molar-refractivity contribution >= 4 is 16.9 Å². The molecule has 0 aliphatic carbocycles. The van der Waals surface area contributed by atoms with Crippen molar-refractivity contribution in [2.24, 2.45) is 5.92 Å². The topological polar surface area (TPSA) is 65.7 Å². The molecule has 2 rings (SSSR count). The van der Waals surface area contributed by atoms with Gasteiger partial charge in [-0.15, -0.1) is 0 Å². The van der Waals surface area contributed by atoms with Gasteiger partial charge in [-0.25, -0.2) is 4.79 Å². The average molecular weight is 262 g/mol. The van der Waals surface area contributed by atoms with E-state index >= 15 is 0 Å². The maximum atomic E-state index is 11.2. The van der Waals surface area contributed by atoms with Crippen LogP contribution in [0.4, 0.5) is 0 Å². The van der Waals surface area contributed by atoms with Crippen molar-refractivity contribution in [1.29, 1.82) is 0 Å². The summed E-state index contributed by atoms with van der Waals surface area (Å²) in [5, 5.41) is 0.797. The van der Waals surface area contributed by atoms with Crippen molar-refractivity contribution in [3.8, 4) is 5.75 Å². The number of hydrogen-bond acceptors (Lipinski definition) is 5. The molecule has 2 aromatic rings. The maximum absolute atomic E-state index is 11.2. The summed E-state index contributed by atoms with van der Waals surface area (Å²) in [4.78, 5) is 22.3. The Morgan fingerprint density at radius 3 is 2.74 bits per heavy atom. The Morgan fingerprint density at radius 2 is 2.00 bits per heavy atom. The first-order valence-corrected chi connectivity index (χ1v) is 5.89. The second-order valence-corrected chi connectivity index (χ2v) is 4.33. The minimum atomic E-state index is -0.420. The van der Waals surface area contributed by atoms with E-state index < -0.39 is 5.63 Å². The summed E-state index contributed by atoms with van der Waals surface area (Å²) in [5.41, 5.74) is 0.0103. The Morgan fingerprint density at radius 1 is 1.26 bits per heavy atom. The van der Waals surface area contributed by atoms with E-state index in [0.29, 0.717) is 11.3 Å². The molecular weight excluding hydrogens is 248 g/mol. The Bertz CT molecular complexity index is 642. The fourth-order valence-electron chi connectivity index (χ4n) is 1.45. The molecule has 0 bridgehead atoms. The number of benzene rings is 1. The van der Waals surface area contributed by atoms with Gasteiger partial charge < -0.3 is 13.9 Å². The number of carbonyl (C=O) groups excluding carboxylic acids is 1. The van der Waals surface area contributed by atoms with Crippen LogP contribution in [0, 0.1) is 5.92 Å². The molecule has 5 heteroatoms. The van der Waals surface area contributed by atoms with Gasteiger partial charge in [-0.3, -0.25) is 4.79 Å². The highest BCUT2D eigenvalue weighted by atomic mass is 16.7. The third-order valence-corrected chi connectivity index (χ3v) is 2.49. The quantitative estimate of drug-likeness (QED) is 0.480. The van der Waals surface area contributed by atoms with Gasteiger partial charge in [-0.05, 0) is 18.2 Å². The van der Waals surface area contributed by atoms with E-state index in [-0.39, 0.29) is 18.7 Å². The van der Waals surface area contributed by atoms with Crippen LogP contribution in [0.3, 0.4) is 0 Å². The van der Waals surface area contributed by atoms with Crippen molar-refractivity contribution in [3.63, 3.8) is 0 Å². The standard InChI is InChI=1S/C14H14O5/c1-9(2)14(16)18-8-17-11-5-3-10-4-6-13(15)19-12(10)7-11/h3-7,9H,8H2,1-2H3. The highest BCUT2D eigenvalue weighted by molar-refractivity contribution is 5.77. The van der Waals surface area contributed by atoms with Gasteiger partial charge in [0, 0.05) is 17.5 Å². The van der Waals surface area contributed by atoms with Gasteiger partial charge in [0.25, 0.3) is 0 Å². The van der Waals surface area contributed by atoms with E-state index in [1.165, 1.54) is 6.07 Å². The molecule has 0 radical (unpaired) electrons. The Balaban J connectivity index is 2.05. The van der Waals surface area contributed by atoms with Crippen molar-refractivity contribution in [1.82, 2.24) is 0 Å². The van der Waals surface area contributed by atoms with Gasteiger partial charge >= 0.3 is 11.6 Å². The molecule has 0 spiro atoms. The molecule has 1 aromatic carbocycles. The zero-order valence-corrected chi connectivity index (χ0v) is 10.7. The van der Waals surface area contributed by atoms with E-state index in [1.54, 1.807) is 38.1 Å². The molecule has 0 saturated heterocycles. The lowest BCUT2D eigenvalue weighted by molar-refractivity contribution is -0.153. The lowest BCUT2D eigenvalue weighted by Gasteiger charge is -2.09. The molecule has 1 heterocycles. The zero-order valence-electron chi connectivity index (χ0n) is 10.7. The molecule has 19 heavy (non-hydrogen) atoms. The van der Waals surface area contributed by atoms with Gasteiger partial charge in [-0.1, -0.05) is 13.8 Å². The normalized spacial score (nSPS) is 10.7. The zero-order chi connectivity index (χ0) is 13.8. The first kappa shape index (κ1) is 13.1. The summed E-state index contributed by atoms with van der Waals surface area (Å²) >= 11 is 0. The van der Waals surface area contributed by atoms with Gasteiger partial charge in [0.1, 0.15) is 11.3 Å². The Labute approximate surface area is 109 Å². The lowest BCUT2D eigenvalue weighted by Crippen LogP contribution is -2.15. The van der Waals surface area contributed by atoms with Crippen LogP contribution >= 0.6 is 0 Å². The van der Waals surface area contributed by atoms with E-state index in [0.717, 1.165) is 5.39 Å². The largest absolute Gasteiger partial charge is 0.457 e. The third-order valence-electron chi connectivity index (χ3n) is 2.49.